The second kappa shape index (κ2) is 5.26. The Morgan fingerprint density at radius 2 is 1.40 bits per heavy atom. The maximum Gasteiger partial charge on any atom is 0.0829 e. The van der Waals surface area contributed by atoms with Crippen molar-refractivity contribution in [2.45, 2.75) is 25.9 Å². The number of hydrogen-bond donors (Lipinski definition) is 1. The lowest BCUT2D eigenvalue weighted by Crippen LogP contribution is -2.17. The van der Waals surface area contributed by atoms with Crippen molar-refractivity contribution in [3.05, 3.63) is 77.4 Å². The van der Waals surface area contributed by atoms with Gasteiger partial charge in [-0.05, 0) is 29.5 Å². The molecule has 2 aromatic carbocycles. The lowest BCUT2D eigenvalue weighted by Gasteiger charge is -2.20. The predicted molar refractivity (Wildman–Crippen MR) is 83.4 cm³/mol. The lowest BCUT2D eigenvalue weighted by atomic mass is 9.86. The van der Waals surface area contributed by atoms with Crippen molar-refractivity contribution in [1.29, 1.82) is 0 Å². The van der Waals surface area contributed by atoms with E-state index in [1.807, 2.05) is 24.3 Å². The Kier molecular flexibility index (Phi) is 3.45. The molecular formula is C19H20O. The number of aliphatic hydroxyl groups is 1. The van der Waals surface area contributed by atoms with E-state index < -0.39 is 0 Å². The third kappa shape index (κ3) is 2.08. The lowest BCUT2D eigenvalue weighted by molar-refractivity contribution is 0.174. The average molecular weight is 264 g/mol. The zero-order valence-electron chi connectivity index (χ0n) is 12.0. The zero-order chi connectivity index (χ0) is 14.1. The molecule has 0 unspecified atom stereocenters. The molecule has 1 aliphatic carbocycles. The van der Waals surface area contributed by atoms with Gasteiger partial charge in [0.05, 0.1) is 6.10 Å². The van der Waals surface area contributed by atoms with Gasteiger partial charge >= 0.3 is 0 Å². The fourth-order valence-corrected chi connectivity index (χ4v) is 3.47. The minimum atomic E-state index is -0.386. The van der Waals surface area contributed by atoms with Gasteiger partial charge in [0.25, 0.3) is 0 Å². The van der Waals surface area contributed by atoms with Gasteiger partial charge < -0.3 is 5.11 Å². The summed E-state index contributed by atoms with van der Waals surface area (Å²) in [6.45, 7) is 4.30. The summed E-state index contributed by atoms with van der Waals surface area (Å²) in [6, 6.07) is 20.7. The van der Waals surface area contributed by atoms with Gasteiger partial charge in [0.1, 0.15) is 0 Å². The topological polar surface area (TPSA) is 20.2 Å². The van der Waals surface area contributed by atoms with Gasteiger partial charge in [-0.1, -0.05) is 73.2 Å². The van der Waals surface area contributed by atoms with E-state index in [-0.39, 0.29) is 12.0 Å². The summed E-state index contributed by atoms with van der Waals surface area (Å²) in [4.78, 5) is 0. The Morgan fingerprint density at radius 3 is 2.00 bits per heavy atom. The fourth-order valence-electron chi connectivity index (χ4n) is 3.47. The van der Waals surface area contributed by atoms with Crippen LogP contribution in [0.4, 0.5) is 0 Å². The van der Waals surface area contributed by atoms with Crippen LogP contribution in [0, 0.1) is 5.92 Å². The van der Waals surface area contributed by atoms with E-state index in [0.717, 1.165) is 11.1 Å². The SMILES string of the molecule is CC1=C(c2ccccc2)[C@H](O)[C@@H](C)[C@H]1c1ccccc1. The van der Waals surface area contributed by atoms with Crippen LogP contribution in [0.1, 0.15) is 30.9 Å². The minimum absolute atomic E-state index is 0.215. The maximum absolute atomic E-state index is 10.7. The maximum atomic E-state index is 10.7. The molecule has 3 rings (SSSR count). The first-order chi connectivity index (χ1) is 9.70. The van der Waals surface area contributed by atoms with Crippen LogP contribution < -0.4 is 0 Å². The van der Waals surface area contributed by atoms with Gasteiger partial charge in [-0.3, -0.25) is 0 Å². The van der Waals surface area contributed by atoms with E-state index in [9.17, 15) is 5.11 Å². The number of allylic oxidation sites excluding steroid dienone is 1. The van der Waals surface area contributed by atoms with Crippen LogP contribution in [-0.4, -0.2) is 11.2 Å². The van der Waals surface area contributed by atoms with E-state index in [2.05, 4.69) is 50.2 Å². The Hall–Kier alpha value is -1.86. The molecule has 0 saturated carbocycles. The number of rotatable bonds is 2. The number of hydrogen-bond acceptors (Lipinski definition) is 1. The summed E-state index contributed by atoms with van der Waals surface area (Å²) >= 11 is 0. The molecule has 20 heavy (non-hydrogen) atoms. The van der Waals surface area contributed by atoms with E-state index >= 15 is 0 Å². The summed E-state index contributed by atoms with van der Waals surface area (Å²) < 4.78 is 0. The largest absolute Gasteiger partial charge is 0.388 e. The summed E-state index contributed by atoms with van der Waals surface area (Å²) in [5.74, 6) is 0.522. The molecule has 0 heterocycles. The van der Waals surface area contributed by atoms with Crippen molar-refractivity contribution in [2.24, 2.45) is 5.92 Å². The third-order valence-corrected chi connectivity index (χ3v) is 4.45. The molecule has 0 fully saturated rings. The standard InChI is InChI=1S/C19H20O/c1-13-17(15-9-5-3-6-10-15)14(2)19(20)18(13)16-11-7-4-8-12-16/h3-12,14,17,19-20H,1-2H3/t14-,17-,19+/m0/s1. The highest BCUT2D eigenvalue weighted by Gasteiger charge is 2.38. The van der Waals surface area contributed by atoms with Crippen LogP contribution in [0.3, 0.4) is 0 Å². The Morgan fingerprint density at radius 1 is 0.850 bits per heavy atom. The van der Waals surface area contributed by atoms with Crippen LogP contribution >= 0.6 is 0 Å². The monoisotopic (exact) mass is 264 g/mol. The molecule has 0 aromatic heterocycles. The molecule has 1 heteroatoms. The summed E-state index contributed by atoms with van der Waals surface area (Å²) in [5, 5.41) is 10.7. The molecule has 0 spiro atoms. The van der Waals surface area contributed by atoms with E-state index in [1.54, 1.807) is 0 Å². The van der Waals surface area contributed by atoms with Crippen LogP contribution in [-0.2, 0) is 0 Å². The smallest absolute Gasteiger partial charge is 0.0829 e. The van der Waals surface area contributed by atoms with Crippen molar-refractivity contribution in [3.63, 3.8) is 0 Å². The molecule has 2 aromatic rings. The highest BCUT2D eigenvalue weighted by Crippen LogP contribution is 2.47. The first-order valence-corrected chi connectivity index (χ1v) is 7.19. The molecule has 0 amide bonds. The molecule has 0 radical (unpaired) electrons. The molecule has 0 bridgehead atoms. The van der Waals surface area contributed by atoms with Crippen LogP contribution in [0.15, 0.2) is 66.2 Å². The van der Waals surface area contributed by atoms with Crippen LogP contribution in [0.5, 0.6) is 0 Å². The molecule has 0 saturated heterocycles. The van der Waals surface area contributed by atoms with Crippen molar-refractivity contribution in [3.8, 4) is 0 Å². The molecule has 102 valence electrons. The minimum Gasteiger partial charge on any atom is -0.388 e. The van der Waals surface area contributed by atoms with Crippen LogP contribution in [0.2, 0.25) is 0 Å². The average Bonchev–Trinajstić information content (AvgIpc) is 2.71. The molecule has 1 nitrogen and oxygen atoms in total. The quantitative estimate of drug-likeness (QED) is 0.859. The van der Waals surface area contributed by atoms with Gasteiger partial charge in [0.15, 0.2) is 0 Å². The number of aliphatic hydroxyl groups excluding tert-OH is 1. The Bertz CT molecular complexity index is 613. The van der Waals surface area contributed by atoms with Gasteiger partial charge in [-0.2, -0.15) is 0 Å². The predicted octanol–water partition coefficient (Wildman–Crippen LogP) is 4.25. The molecule has 0 aliphatic heterocycles. The highest BCUT2D eigenvalue weighted by molar-refractivity contribution is 5.76. The number of benzene rings is 2. The second-order valence-electron chi connectivity index (χ2n) is 5.66. The first-order valence-electron chi connectivity index (χ1n) is 7.19. The normalized spacial score (nSPS) is 26.1. The van der Waals surface area contributed by atoms with Crippen molar-refractivity contribution < 1.29 is 5.11 Å². The van der Waals surface area contributed by atoms with Crippen molar-refractivity contribution in [1.82, 2.24) is 0 Å². The van der Waals surface area contributed by atoms with E-state index in [0.29, 0.717) is 5.92 Å². The summed E-state index contributed by atoms with van der Waals surface area (Å²) in [6.07, 6.45) is -0.386. The van der Waals surface area contributed by atoms with E-state index in [1.165, 1.54) is 11.1 Å². The van der Waals surface area contributed by atoms with Gasteiger partial charge in [0, 0.05) is 5.92 Å². The van der Waals surface area contributed by atoms with Gasteiger partial charge in [-0.15, -0.1) is 0 Å². The zero-order valence-corrected chi connectivity index (χ0v) is 12.0. The second-order valence-corrected chi connectivity index (χ2v) is 5.66. The molecular weight excluding hydrogens is 244 g/mol. The third-order valence-electron chi connectivity index (χ3n) is 4.45. The highest BCUT2D eigenvalue weighted by atomic mass is 16.3. The van der Waals surface area contributed by atoms with Crippen molar-refractivity contribution in [2.75, 3.05) is 0 Å². The van der Waals surface area contributed by atoms with Gasteiger partial charge in [0.2, 0.25) is 0 Å². The van der Waals surface area contributed by atoms with Crippen LogP contribution in [0.25, 0.3) is 5.57 Å². The first kappa shape index (κ1) is 13.1. The summed E-state index contributed by atoms with van der Waals surface area (Å²) in [7, 11) is 0. The fraction of sp³-hybridized carbons (Fsp3) is 0.263. The summed E-state index contributed by atoms with van der Waals surface area (Å²) in [5.41, 5.74) is 4.83. The van der Waals surface area contributed by atoms with Crippen molar-refractivity contribution >= 4 is 5.57 Å². The van der Waals surface area contributed by atoms with E-state index in [4.69, 9.17) is 0 Å². The Balaban J connectivity index is 2.08. The molecule has 1 N–H and O–H groups in total. The van der Waals surface area contributed by atoms with Gasteiger partial charge in [-0.25, -0.2) is 0 Å². The molecule has 1 aliphatic rings. The molecule has 3 atom stereocenters. The Labute approximate surface area is 120 Å².